The minimum absolute atomic E-state index is 0.00403. The number of hydrogen-bond donors (Lipinski definition) is 2. The molecule has 1 amide bonds. The Morgan fingerprint density at radius 1 is 1.17 bits per heavy atom. The van der Waals surface area contributed by atoms with Crippen molar-refractivity contribution in [3.8, 4) is 5.75 Å². The summed E-state index contributed by atoms with van der Waals surface area (Å²) in [5.41, 5.74) is 6.21. The number of aromatic nitrogens is 2. The van der Waals surface area contributed by atoms with E-state index in [0.717, 1.165) is 31.2 Å². The largest absolute Gasteiger partial charge is 0.493 e. The first-order valence-corrected chi connectivity index (χ1v) is 9.72. The van der Waals surface area contributed by atoms with E-state index < -0.39 is 17.5 Å². The van der Waals surface area contributed by atoms with Gasteiger partial charge in [0.05, 0.1) is 18.0 Å². The first-order valence-electron chi connectivity index (χ1n) is 9.72. The van der Waals surface area contributed by atoms with E-state index in [2.05, 4.69) is 9.97 Å². The van der Waals surface area contributed by atoms with E-state index >= 15 is 0 Å². The number of H-pyrrole nitrogens is 1. The van der Waals surface area contributed by atoms with Crippen molar-refractivity contribution < 1.29 is 18.3 Å². The predicted molar refractivity (Wildman–Crippen MR) is 110 cm³/mol. The minimum Gasteiger partial charge on any atom is -0.493 e. The van der Waals surface area contributed by atoms with Crippen LogP contribution in [0.15, 0.2) is 41.5 Å². The highest BCUT2D eigenvalue weighted by atomic mass is 19.2. The van der Waals surface area contributed by atoms with Gasteiger partial charge in [0, 0.05) is 24.0 Å². The summed E-state index contributed by atoms with van der Waals surface area (Å²) in [5.74, 6) is -1.99. The highest BCUT2D eigenvalue weighted by molar-refractivity contribution is 6.03. The summed E-state index contributed by atoms with van der Waals surface area (Å²) in [4.78, 5) is 29.0. The van der Waals surface area contributed by atoms with Crippen molar-refractivity contribution in [1.82, 2.24) is 9.97 Å². The summed E-state index contributed by atoms with van der Waals surface area (Å²) in [5, 5.41) is 0.238. The number of halogens is 2. The molecule has 0 aliphatic heterocycles. The summed E-state index contributed by atoms with van der Waals surface area (Å²) in [7, 11) is 1.39. The van der Waals surface area contributed by atoms with Gasteiger partial charge in [0.25, 0.3) is 5.91 Å². The Labute approximate surface area is 172 Å². The summed E-state index contributed by atoms with van der Waals surface area (Å²) in [6, 6.07) is 5.80. The van der Waals surface area contributed by atoms with Gasteiger partial charge in [-0.15, -0.1) is 0 Å². The maximum absolute atomic E-state index is 13.5. The molecule has 3 aromatic rings. The molecule has 158 valence electrons. The number of nitrogens with one attached hydrogen (secondary N) is 1. The molecule has 3 N–H and O–H groups in total. The fourth-order valence-corrected chi connectivity index (χ4v) is 3.80. The van der Waals surface area contributed by atoms with Crippen LogP contribution in [0.3, 0.4) is 0 Å². The Balaban J connectivity index is 0.000000172. The molecule has 2 aromatic heterocycles. The number of pyridine rings is 2. The van der Waals surface area contributed by atoms with Crippen LogP contribution >= 0.6 is 0 Å². The number of hydrogen-bond acceptors (Lipinski definition) is 4. The van der Waals surface area contributed by atoms with Crippen LogP contribution in [0.1, 0.15) is 54.1 Å². The van der Waals surface area contributed by atoms with Gasteiger partial charge in [0.15, 0.2) is 17.0 Å². The van der Waals surface area contributed by atoms with Crippen molar-refractivity contribution >= 4 is 16.8 Å². The van der Waals surface area contributed by atoms with Gasteiger partial charge in [-0.3, -0.25) is 14.6 Å². The average Bonchev–Trinajstić information content (AvgIpc) is 2.76. The van der Waals surface area contributed by atoms with Crippen LogP contribution < -0.4 is 15.9 Å². The van der Waals surface area contributed by atoms with Gasteiger partial charge in [-0.05, 0) is 30.9 Å². The Kier molecular flexibility index (Phi) is 6.76. The summed E-state index contributed by atoms with van der Waals surface area (Å²) in [6.45, 7) is 0. The van der Waals surface area contributed by atoms with Gasteiger partial charge in [0.2, 0.25) is 5.82 Å². The number of amides is 1. The third-order valence-electron chi connectivity index (χ3n) is 5.23. The van der Waals surface area contributed by atoms with E-state index in [-0.39, 0.29) is 22.3 Å². The second-order valence-corrected chi connectivity index (χ2v) is 7.11. The van der Waals surface area contributed by atoms with Crippen molar-refractivity contribution in [2.24, 2.45) is 5.73 Å². The first-order chi connectivity index (χ1) is 14.4. The molecule has 8 heteroatoms. The number of carbonyl (C=O) groups excluding carboxylic acids is 1. The molecular formula is C22H23F2N3O3. The Bertz CT molecular complexity index is 1100. The number of ether oxygens (including phenoxy) is 1. The normalized spacial score (nSPS) is 14.1. The van der Waals surface area contributed by atoms with E-state index in [1.165, 1.54) is 38.1 Å². The number of rotatable bonds is 3. The maximum Gasteiger partial charge on any atom is 0.268 e. The second-order valence-electron chi connectivity index (χ2n) is 7.11. The van der Waals surface area contributed by atoms with Crippen LogP contribution in [0.2, 0.25) is 0 Å². The highest BCUT2D eigenvalue weighted by Crippen LogP contribution is 2.39. The van der Waals surface area contributed by atoms with Gasteiger partial charge in [0.1, 0.15) is 5.69 Å². The molecule has 1 saturated carbocycles. The van der Waals surface area contributed by atoms with E-state index in [0.29, 0.717) is 11.4 Å². The molecular weight excluding hydrogens is 392 g/mol. The lowest BCUT2D eigenvalue weighted by Crippen LogP contribution is -2.17. The van der Waals surface area contributed by atoms with Crippen LogP contribution in [0.5, 0.6) is 5.75 Å². The van der Waals surface area contributed by atoms with Crippen molar-refractivity contribution in [1.29, 1.82) is 0 Å². The van der Waals surface area contributed by atoms with E-state index in [4.69, 9.17) is 10.5 Å². The van der Waals surface area contributed by atoms with Crippen molar-refractivity contribution in [3.63, 3.8) is 0 Å². The van der Waals surface area contributed by atoms with Crippen LogP contribution in [0, 0.1) is 11.6 Å². The van der Waals surface area contributed by atoms with Crippen LogP contribution in [-0.2, 0) is 0 Å². The van der Waals surface area contributed by atoms with Gasteiger partial charge >= 0.3 is 0 Å². The SMILES string of the molecule is COc1c(C2CCCCC2)ccc(F)c1F.NC(=O)c1nccc2[nH]ccc(=O)c12. The zero-order valence-electron chi connectivity index (χ0n) is 16.6. The molecule has 30 heavy (non-hydrogen) atoms. The highest BCUT2D eigenvalue weighted by Gasteiger charge is 2.22. The molecule has 4 rings (SSSR count). The van der Waals surface area contributed by atoms with Crippen molar-refractivity contribution in [2.45, 2.75) is 38.0 Å². The predicted octanol–water partition coefficient (Wildman–Crippen LogP) is 4.04. The van der Waals surface area contributed by atoms with Gasteiger partial charge in [-0.25, -0.2) is 4.39 Å². The maximum atomic E-state index is 13.5. The minimum atomic E-state index is -0.856. The third-order valence-corrected chi connectivity index (χ3v) is 5.23. The molecule has 0 spiro atoms. The van der Waals surface area contributed by atoms with Crippen molar-refractivity contribution in [3.05, 3.63) is 69.8 Å². The first kappa shape index (κ1) is 21.4. The average molecular weight is 415 g/mol. The molecule has 1 aromatic carbocycles. The molecule has 0 radical (unpaired) electrons. The smallest absolute Gasteiger partial charge is 0.268 e. The number of aromatic amines is 1. The Morgan fingerprint density at radius 2 is 1.90 bits per heavy atom. The monoisotopic (exact) mass is 415 g/mol. The zero-order valence-corrected chi connectivity index (χ0v) is 16.6. The zero-order chi connectivity index (χ0) is 21.7. The quantitative estimate of drug-likeness (QED) is 0.674. The molecule has 6 nitrogen and oxygen atoms in total. The van der Waals surface area contributed by atoms with Crippen molar-refractivity contribution in [2.75, 3.05) is 7.11 Å². The molecule has 1 aliphatic rings. The molecule has 0 unspecified atom stereocenters. The van der Waals surface area contributed by atoms with Crippen LogP contribution in [0.4, 0.5) is 8.78 Å². The summed E-state index contributed by atoms with van der Waals surface area (Å²) in [6.07, 6.45) is 8.58. The van der Waals surface area contributed by atoms with E-state index in [1.807, 2.05) is 0 Å². The molecule has 1 aliphatic carbocycles. The second kappa shape index (κ2) is 9.47. The number of carbonyl (C=O) groups is 1. The Hall–Kier alpha value is -3.29. The topological polar surface area (TPSA) is 98.1 Å². The lowest BCUT2D eigenvalue weighted by atomic mass is 9.83. The lowest BCUT2D eigenvalue weighted by Gasteiger charge is -2.23. The number of nitrogens with zero attached hydrogens (tertiary/aromatic N) is 1. The molecule has 0 bridgehead atoms. The number of primary amides is 1. The van der Waals surface area contributed by atoms with Gasteiger partial charge in [-0.2, -0.15) is 4.39 Å². The number of fused-ring (bicyclic) bond motifs is 1. The molecule has 2 heterocycles. The standard InChI is InChI=1S/C13H16F2O.C9H7N3O2/c1-16-13-10(7-8-11(14)12(13)15)9-5-3-2-4-6-9;10-9(14)8-7-5(1-3-12-8)11-4-2-6(7)13/h7-9H,2-6H2,1H3;1-4H,(H2,10,14)(H,11,13). The summed E-state index contributed by atoms with van der Waals surface area (Å²) >= 11 is 0. The van der Waals surface area contributed by atoms with Gasteiger partial charge < -0.3 is 15.5 Å². The fraction of sp³-hybridized carbons (Fsp3) is 0.318. The summed E-state index contributed by atoms with van der Waals surface area (Å²) < 4.78 is 31.6. The number of methoxy groups -OCH3 is 1. The molecule has 0 saturated heterocycles. The van der Waals surface area contributed by atoms with E-state index in [9.17, 15) is 18.4 Å². The van der Waals surface area contributed by atoms with Crippen LogP contribution in [-0.4, -0.2) is 23.0 Å². The molecule has 1 fully saturated rings. The fourth-order valence-electron chi connectivity index (χ4n) is 3.80. The number of nitrogens with two attached hydrogens (primary N) is 1. The third kappa shape index (κ3) is 4.48. The van der Waals surface area contributed by atoms with E-state index in [1.54, 1.807) is 12.1 Å². The van der Waals surface area contributed by atoms with Crippen LogP contribution in [0.25, 0.3) is 10.9 Å². The number of benzene rings is 1. The lowest BCUT2D eigenvalue weighted by molar-refractivity contribution is 0.0997. The molecule has 0 atom stereocenters. The Morgan fingerprint density at radius 3 is 2.57 bits per heavy atom. The van der Waals surface area contributed by atoms with Gasteiger partial charge in [-0.1, -0.05) is 25.3 Å².